The van der Waals surface area contributed by atoms with E-state index >= 15 is 0 Å². The van der Waals surface area contributed by atoms with Gasteiger partial charge in [0.1, 0.15) is 5.66 Å². The van der Waals surface area contributed by atoms with Gasteiger partial charge in [0.25, 0.3) is 0 Å². The summed E-state index contributed by atoms with van der Waals surface area (Å²) in [5.74, 6) is 0. The molecule has 64 valence electrons. The van der Waals surface area contributed by atoms with Crippen molar-refractivity contribution in [2.75, 3.05) is 13.6 Å². The number of hydrogen-bond acceptors (Lipinski definition) is 4. The topological polar surface area (TPSA) is 27.6 Å². The van der Waals surface area contributed by atoms with Gasteiger partial charge in [-0.05, 0) is 33.1 Å². The summed E-state index contributed by atoms with van der Waals surface area (Å²) in [5.41, 5.74) is 2.73. The summed E-state index contributed by atoms with van der Waals surface area (Å²) in [6, 6.07) is 0. The van der Waals surface area contributed by atoms with Gasteiger partial charge in [-0.1, -0.05) is 6.92 Å². The summed E-state index contributed by atoms with van der Waals surface area (Å²) in [7, 11) is 1.87. The number of thiocarbonyl (C=S) groups is 1. The lowest BCUT2D eigenvalue weighted by Gasteiger charge is -2.32. The first-order valence-corrected chi connectivity index (χ1v) is 4.03. The van der Waals surface area contributed by atoms with Gasteiger partial charge in [0, 0.05) is 6.54 Å². The average Bonchev–Trinajstić information content (AvgIpc) is 1.89. The Kier molecular flexibility index (Phi) is 4.45. The predicted octanol–water partition coefficient (Wildman–Crippen LogP) is 1.28. The van der Waals surface area contributed by atoms with Crippen molar-refractivity contribution in [2.45, 2.75) is 26.4 Å². The average molecular weight is 173 g/mol. The molecule has 0 atom stereocenters. The number of hydrazine groups is 1. The molecule has 0 radical (unpaired) electrons. The first-order valence-electron chi connectivity index (χ1n) is 3.62. The van der Waals surface area contributed by atoms with Crippen molar-refractivity contribution >= 4 is 17.4 Å². The summed E-state index contributed by atoms with van der Waals surface area (Å²) >= 11 is 4.54. The lowest BCUT2D eigenvalue weighted by Crippen LogP contribution is -2.49. The molecule has 0 bridgehead atoms. The highest BCUT2D eigenvalue weighted by Gasteiger charge is 2.22. The van der Waals surface area contributed by atoms with E-state index in [1.165, 1.54) is 0 Å². The van der Waals surface area contributed by atoms with E-state index in [0.717, 1.165) is 6.54 Å². The van der Waals surface area contributed by atoms with Crippen molar-refractivity contribution in [2.24, 2.45) is 4.99 Å². The van der Waals surface area contributed by atoms with Crippen molar-refractivity contribution in [1.82, 2.24) is 10.4 Å². The monoisotopic (exact) mass is 173 g/mol. The Morgan fingerprint density at radius 3 is 2.45 bits per heavy atom. The van der Waals surface area contributed by atoms with E-state index in [0.29, 0.717) is 0 Å². The fraction of sp³-hybridized carbons (Fsp3) is 0.857. The minimum Gasteiger partial charge on any atom is -0.256 e. The van der Waals surface area contributed by atoms with Crippen molar-refractivity contribution in [1.29, 1.82) is 0 Å². The Labute approximate surface area is 73.5 Å². The van der Waals surface area contributed by atoms with Crippen molar-refractivity contribution in [3.8, 4) is 0 Å². The smallest absolute Gasteiger partial charge is 0.130 e. The van der Waals surface area contributed by atoms with Crippen LogP contribution in [0.2, 0.25) is 0 Å². The second-order valence-corrected chi connectivity index (χ2v) is 2.85. The SMILES string of the molecule is CCN(NC)C(C)(C)N=C=S. The summed E-state index contributed by atoms with van der Waals surface area (Å²) in [4.78, 5) is 4.03. The molecular formula is C7H15N3S. The largest absolute Gasteiger partial charge is 0.256 e. The molecule has 0 saturated heterocycles. The van der Waals surface area contributed by atoms with Gasteiger partial charge in [0.05, 0.1) is 5.16 Å². The van der Waals surface area contributed by atoms with Crippen LogP contribution in [0.5, 0.6) is 0 Å². The maximum absolute atomic E-state index is 4.54. The highest BCUT2D eigenvalue weighted by molar-refractivity contribution is 7.78. The zero-order chi connectivity index (χ0) is 8.91. The summed E-state index contributed by atoms with van der Waals surface area (Å²) in [6.07, 6.45) is 0. The van der Waals surface area contributed by atoms with E-state index in [9.17, 15) is 0 Å². The van der Waals surface area contributed by atoms with Gasteiger partial charge >= 0.3 is 0 Å². The fourth-order valence-corrected chi connectivity index (χ4v) is 1.21. The van der Waals surface area contributed by atoms with Gasteiger partial charge in [-0.15, -0.1) is 0 Å². The second kappa shape index (κ2) is 4.57. The number of nitrogens with zero attached hydrogens (tertiary/aromatic N) is 2. The quantitative estimate of drug-likeness (QED) is 0.394. The Morgan fingerprint density at radius 1 is 1.64 bits per heavy atom. The van der Waals surface area contributed by atoms with Crippen LogP contribution < -0.4 is 5.43 Å². The summed E-state index contributed by atoms with van der Waals surface area (Å²) < 4.78 is 0. The van der Waals surface area contributed by atoms with Crippen LogP contribution in [-0.4, -0.2) is 29.4 Å². The molecule has 0 unspecified atom stereocenters. The van der Waals surface area contributed by atoms with Crippen LogP contribution >= 0.6 is 12.2 Å². The Balaban J connectivity index is 4.35. The molecule has 0 aliphatic heterocycles. The van der Waals surface area contributed by atoms with Crippen LogP contribution in [0.15, 0.2) is 4.99 Å². The summed E-state index contributed by atoms with van der Waals surface area (Å²) in [6.45, 7) is 6.89. The molecule has 0 aliphatic rings. The minimum absolute atomic E-state index is 0.300. The number of isothiocyanates is 1. The van der Waals surface area contributed by atoms with Gasteiger partial charge in [0.2, 0.25) is 0 Å². The van der Waals surface area contributed by atoms with Gasteiger partial charge in [-0.2, -0.15) is 0 Å². The molecule has 1 N–H and O–H groups in total. The predicted molar refractivity (Wildman–Crippen MR) is 50.5 cm³/mol. The Morgan fingerprint density at radius 2 is 2.18 bits per heavy atom. The van der Waals surface area contributed by atoms with Crippen LogP contribution in [0.3, 0.4) is 0 Å². The normalized spacial score (nSPS) is 11.4. The van der Waals surface area contributed by atoms with E-state index in [1.54, 1.807) is 0 Å². The fourth-order valence-electron chi connectivity index (χ4n) is 0.991. The maximum atomic E-state index is 4.54. The van der Waals surface area contributed by atoms with Crippen LogP contribution in [0.1, 0.15) is 20.8 Å². The third-order valence-corrected chi connectivity index (χ3v) is 1.66. The molecular weight excluding hydrogens is 158 g/mol. The van der Waals surface area contributed by atoms with Crippen molar-refractivity contribution < 1.29 is 0 Å². The standard InChI is InChI=1S/C7H15N3S/c1-5-10(8-4)7(2,3)9-6-11/h8H,5H2,1-4H3. The minimum atomic E-state index is -0.300. The number of hydrogen-bond donors (Lipinski definition) is 1. The van der Waals surface area contributed by atoms with Crippen LogP contribution in [0, 0.1) is 0 Å². The summed E-state index contributed by atoms with van der Waals surface area (Å²) in [5, 5.41) is 4.36. The lowest BCUT2D eigenvalue weighted by molar-refractivity contribution is 0.0855. The van der Waals surface area contributed by atoms with Gasteiger partial charge < -0.3 is 0 Å². The van der Waals surface area contributed by atoms with Gasteiger partial charge in [-0.3, -0.25) is 5.43 Å². The maximum Gasteiger partial charge on any atom is 0.130 e. The highest BCUT2D eigenvalue weighted by Crippen LogP contribution is 2.11. The molecule has 0 rings (SSSR count). The molecule has 0 fully saturated rings. The number of aliphatic imine (C=N–C) groups is 1. The highest BCUT2D eigenvalue weighted by atomic mass is 32.1. The lowest BCUT2D eigenvalue weighted by atomic mass is 10.2. The third-order valence-electron chi connectivity index (χ3n) is 1.57. The van der Waals surface area contributed by atoms with Crippen molar-refractivity contribution in [3.63, 3.8) is 0 Å². The Hall–Kier alpha value is -0.280. The van der Waals surface area contributed by atoms with E-state index in [2.05, 4.69) is 34.7 Å². The van der Waals surface area contributed by atoms with E-state index in [-0.39, 0.29) is 5.66 Å². The molecule has 0 saturated carbocycles. The molecule has 0 spiro atoms. The van der Waals surface area contributed by atoms with Crippen molar-refractivity contribution in [3.05, 3.63) is 0 Å². The first kappa shape index (κ1) is 10.7. The zero-order valence-electron chi connectivity index (χ0n) is 7.51. The number of nitrogens with one attached hydrogen (secondary N) is 1. The van der Waals surface area contributed by atoms with Crippen LogP contribution in [0.4, 0.5) is 0 Å². The molecule has 0 aromatic carbocycles. The van der Waals surface area contributed by atoms with E-state index in [1.807, 2.05) is 25.9 Å². The molecule has 0 heterocycles. The molecule has 0 aromatic heterocycles. The zero-order valence-corrected chi connectivity index (χ0v) is 8.33. The molecule has 0 aromatic rings. The Bertz CT molecular complexity index is 157. The van der Waals surface area contributed by atoms with Crippen LogP contribution in [0.25, 0.3) is 0 Å². The molecule has 4 heteroatoms. The van der Waals surface area contributed by atoms with Gasteiger partial charge in [-0.25, -0.2) is 10.0 Å². The first-order chi connectivity index (χ1) is 5.08. The number of rotatable bonds is 4. The van der Waals surface area contributed by atoms with E-state index in [4.69, 9.17) is 0 Å². The molecule has 3 nitrogen and oxygen atoms in total. The molecule has 0 aliphatic carbocycles. The second-order valence-electron chi connectivity index (χ2n) is 2.67. The van der Waals surface area contributed by atoms with E-state index < -0.39 is 0 Å². The van der Waals surface area contributed by atoms with Crippen LogP contribution in [-0.2, 0) is 0 Å². The third kappa shape index (κ3) is 3.08. The molecule has 11 heavy (non-hydrogen) atoms. The molecule has 0 amide bonds. The van der Waals surface area contributed by atoms with Gasteiger partial charge in [0.15, 0.2) is 0 Å².